The Balaban J connectivity index is 2.47. The van der Waals surface area contributed by atoms with Gasteiger partial charge in [0.2, 0.25) is 5.78 Å². The maximum Gasteiger partial charge on any atom is 0.319 e. The largest absolute Gasteiger partial charge is 0.497 e. The number of methoxy groups -OCH3 is 1. The molecule has 1 aromatic carbocycles. The van der Waals surface area contributed by atoms with Gasteiger partial charge in [-0.15, -0.1) is 0 Å². The minimum Gasteiger partial charge on any atom is -0.497 e. The number of allylic oxidation sites excluding steroid dienone is 2. The SMILES string of the molecule is CCC1=C(C)C(c2ccc(OC)cc2)C(F)(F)C1=O. The van der Waals surface area contributed by atoms with Crippen LogP contribution in [-0.2, 0) is 4.79 Å². The van der Waals surface area contributed by atoms with E-state index in [1.807, 2.05) is 0 Å². The first kappa shape index (κ1) is 13.7. The summed E-state index contributed by atoms with van der Waals surface area (Å²) in [6.07, 6.45) is 0.340. The van der Waals surface area contributed by atoms with Crippen molar-refractivity contribution in [2.45, 2.75) is 32.1 Å². The summed E-state index contributed by atoms with van der Waals surface area (Å²) in [5.74, 6) is -4.92. The molecule has 19 heavy (non-hydrogen) atoms. The molecule has 0 bridgehead atoms. The van der Waals surface area contributed by atoms with Crippen molar-refractivity contribution in [3.8, 4) is 5.75 Å². The van der Waals surface area contributed by atoms with Gasteiger partial charge in [0, 0.05) is 5.57 Å². The van der Waals surface area contributed by atoms with Crippen molar-refractivity contribution in [1.29, 1.82) is 0 Å². The van der Waals surface area contributed by atoms with Crippen LogP contribution in [0.25, 0.3) is 0 Å². The number of Topliss-reactive ketones (excluding diaryl/α,β-unsaturated/α-hetero) is 1. The van der Waals surface area contributed by atoms with Crippen LogP contribution in [-0.4, -0.2) is 18.8 Å². The minimum absolute atomic E-state index is 0.255. The molecule has 0 aromatic heterocycles. The van der Waals surface area contributed by atoms with Gasteiger partial charge in [0.15, 0.2) is 0 Å². The third-order valence-electron chi connectivity index (χ3n) is 3.65. The van der Waals surface area contributed by atoms with Crippen molar-refractivity contribution in [3.05, 3.63) is 41.0 Å². The number of carbonyl (C=O) groups excluding carboxylic acids is 1. The summed E-state index contributed by atoms with van der Waals surface area (Å²) >= 11 is 0. The van der Waals surface area contributed by atoms with E-state index < -0.39 is 17.6 Å². The standard InChI is InChI=1S/C15H16F2O2/c1-4-12-9(2)13(15(16,17)14(12)18)10-5-7-11(19-3)8-6-10/h5-8,13H,4H2,1-3H3. The Morgan fingerprint density at radius 1 is 1.26 bits per heavy atom. The average Bonchev–Trinajstić information content (AvgIpc) is 2.56. The monoisotopic (exact) mass is 266 g/mol. The molecule has 1 atom stereocenters. The number of benzene rings is 1. The van der Waals surface area contributed by atoms with E-state index in [0.29, 0.717) is 23.3 Å². The van der Waals surface area contributed by atoms with E-state index in [-0.39, 0.29) is 5.57 Å². The molecule has 1 aliphatic rings. The molecule has 0 amide bonds. The van der Waals surface area contributed by atoms with Gasteiger partial charge in [-0.05, 0) is 31.0 Å². The van der Waals surface area contributed by atoms with E-state index in [2.05, 4.69) is 0 Å². The van der Waals surface area contributed by atoms with Gasteiger partial charge in [0.25, 0.3) is 0 Å². The van der Waals surface area contributed by atoms with E-state index in [0.717, 1.165) is 0 Å². The van der Waals surface area contributed by atoms with E-state index in [1.165, 1.54) is 7.11 Å². The highest BCUT2D eigenvalue weighted by molar-refractivity contribution is 6.05. The van der Waals surface area contributed by atoms with Gasteiger partial charge in [-0.25, -0.2) is 0 Å². The molecule has 0 N–H and O–H groups in total. The topological polar surface area (TPSA) is 26.3 Å². The number of halogens is 2. The quantitative estimate of drug-likeness (QED) is 0.833. The van der Waals surface area contributed by atoms with Crippen LogP contribution in [0.3, 0.4) is 0 Å². The van der Waals surface area contributed by atoms with E-state index in [1.54, 1.807) is 38.1 Å². The maximum atomic E-state index is 14.1. The number of hydrogen-bond acceptors (Lipinski definition) is 2. The van der Waals surface area contributed by atoms with Crippen LogP contribution >= 0.6 is 0 Å². The minimum atomic E-state index is -3.34. The summed E-state index contributed by atoms with van der Waals surface area (Å²) in [5, 5.41) is 0. The fourth-order valence-corrected chi connectivity index (χ4v) is 2.65. The van der Waals surface area contributed by atoms with Crippen LogP contribution in [0.1, 0.15) is 31.7 Å². The molecule has 2 rings (SSSR count). The van der Waals surface area contributed by atoms with Crippen molar-refractivity contribution in [1.82, 2.24) is 0 Å². The predicted octanol–water partition coefficient (Wildman–Crippen LogP) is 3.72. The Kier molecular flexibility index (Phi) is 3.43. The van der Waals surface area contributed by atoms with Gasteiger partial charge in [-0.3, -0.25) is 4.79 Å². The van der Waals surface area contributed by atoms with Crippen molar-refractivity contribution >= 4 is 5.78 Å². The molecule has 0 saturated heterocycles. The zero-order chi connectivity index (χ0) is 14.2. The summed E-state index contributed by atoms with van der Waals surface area (Å²) < 4.78 is 33.3. The molecule has 0 saturated carbocycles. The molecular formula is C15H16F2O2. The molecule has 0 aliphatic heterocycles. The second-order valence-corrected chi connectivity index (χ2v) is 4.67. The molecule has 0 fully saturated rings. The fourth-order valence-electron chi connectivity index (χ4n) is 2.65. The van der Waals surface area contributed by atoms with E-state index in [9.17, 15) is 13.6 Å². The Hall–Kier alpha value is -1.71. The molecule has 2 nitrogen and oxygen atoms in total. The second-order valence-electron chi connectivity index (χ2n) is 4.67. The molecule has 4 heteroatoms. The van der Waals surface area contributed by atoms with E-state index >= 15 is 0 Å². The summed E-state index contributed by atoms with van der Waals surface area (Å²) in [4.78, 5) is 11.7. The third-order valence-corrected chi connectivity index (χ3v) is 3.65. The van der Waals surface area contributed by atoms with Crippen LogP contribution in [0.4, 0.5) is 8.78 Å². The third kappa shape index (κ3) is 2.05. The van der Waals surface area contributed by atoms with Gasteiger partial charge >= 0.3 is 5.92 Å². The summed E-state index contributed by atoms with van der Waals surface area (Å²) in [6, 6.07) is 6.44. The summed E-state index contributed by atoms with van der Waals surface area (Å²) in [6.45, 7) is 3.34. The number of ether oxygens (including phenoxy) is 1. The summed E-state index contributed by atoms with van der Waals surface area (Å²) in [7, 11) is 1.52. The average molecular weight is 266 g/mol. The zero-order valence-corrected chi connectivity index (χ0v) is 11.2. The summed E-state index contributed by atoms with van der Waals surface area (Å²) in [5.41, 5.74) is 1.17. The lowest BCUT2D eigenvalue weighted by molar-refractivity contribution is -0.138. The first-order chi connectivity index (χ1) is 8.93. The van der Waals surface area contributed by atoms with Crippen molar-refractivity contribution in [2.75, 3.05) is 7.11 Å². The smallest absolute Gasteiger partial charge is 0.319 e. The predicted molar refractivity (Wildman–Crippen MR) is 68.7 cm³/mol. The number of rotatable bonds is 3. The Morgan fingerprint density at radius 3 is 2.26 bits per heavy atom. The van der Waals surface area contributed by atoms with Crippen molar-refractivity contribution in [3.63, 3.8) is 0 Å². The first-order valence-corrected chi connectivity index (χ1v) is 6.19. The van der Waals surface area contributed by atoms with Crippen molar-refractivity contribution in [2.24, 2.45) is 0 Å². The molecule has 0 heterocycles. The Labute approximate surface area is 111 Å². The highest BCUT2D eigenvalue weighted by atomic mass is 19.3. The van der Waals surface area contributed by atoms with Gasteiger partial charge in [-0.2, -0.15) is 8.78 Å². The highest BCUT2D eigenvalue weighted by Gasteiger charge is 2.55. The molecular weight excluding hydrogens is 250 g/mol. The Bertz CT molecular complexity index is 530. The van der Waals surface area contributed by atoms with Crippen LogP contribution < -0.4 is 4.74 Å². The normalized spacial score (nSPS) is 21.9. The molecule has 102 valence electrons. The number of hydrogen-bond donors (Lipinski definition) is 0. The van der Waals surface area contributed by atoms with Crippen LogP contribution in [0.5, 0.6) is 5.75 Å². The molecule has 1 aliphatic carbocycles. The maximum absolute atomic E-state index is 14.1. The lowest BCUT2D eigenvalue weighted by atomic mass is 9.90. The van der Waals surface area contributed by atoms with Gasteiger partial charge in [0.1, 0.15) is 5.75 Å². The zero-order valence-electron chi connectivity index (χ0n) is 11.2. The van der Waals surface area contributed by atoms with Crippen molar-refractivity contribution < 1.29 is 18.3 Å². The Morgan fingerprint density at radius 2 is 1.84 bits per heavy atom. The van der Waals surface area contributed by atoms with Gasteiger partial charge in [-0.1, -0.05) is 24.6 Å². The number of ketones is 1. The molecule has 0 radical (unpaired) electrons. The fraction of sp³-hybridized carbons (Fsp3) is 0.400. The number of alkyl halides is 2. The van der Waals surface area contributed by atoms with Crippen LogP contribution in [0.15, 0.2) is 35.4 Å². The first-order valence-electron chi connectivity index (χ1n) is 6.19. The van der Waals surface area contributed by atoms with E-state index in [4.69, 9.17) is 4.74 Å². The molecule has 1 unspecified atom stereocenters. The molecule has 0 spiro atoms. The lowest BCUT2D eigenvalue weighted by Gasteiger charge is -2.20. The number of carbonyl (C=O) groups is 1. The van der Waals surface area contributed by atoms with Crippen LogP contribution in [0.2, 0.25) is 0 Å². The van der Waals surface area contributed by atoms with Gasteiger partial charge < -0.3 is 4.74 Å². The van der Waals surface area contributed by atoms with Crippen LogP contribution in [0, 0.1) is 0 Å². The lowest BCUT2D eigenvalue weighted by Crippen LogP contribution is -2.30. The molecule has 1 aromatic rings. The van der Waals surface area contributed by atoms with Gasteiger partial charge in [0.05, 0.1) is 13.0 Å². The highest BCUT2D eigenvalue weighted by Crippen LogP contribution is 2.48. The second kappa shape index (κ2) is 4.76.